The quantitative estimate of drug-likeness (QED) is 0.712. The Morgan fingerprint density at radius 3 is 2.65 bits per heavy atom. The Morgan fingerprint density at radius 1 is 1.23 bits per heavy atom. The van der Waals surface area contributed by atoms with Crippen molar-refractivity contribution in [2.75, 3.05) is 7.11 Å². The van der Waals surface area contributed by atoms with Gasteiger partial charge in [0.05, 0.1) is 19.0 Å². The molecule has 0 aliphatic heterocycles. The molecule has 3 rings (SSSR count). The summed E-state index contributed by atoms with van der Waals surface area (Å²) < 4.78 is 47.4. The van der Waals surface area contributed by atoms with E-state index in [1.807, 2.05) is 13.2 Å². The molecule has 0 saturated carbocycles. The van der Waals surface area contributed by atoms with Gasteiger partial charge in [0.2, 0.25) is 10.0 Å². The summed E-state index contributed by atoms with van der Waals surface area (Å²) in [7, 11) is -0.799. The number of aromatic nitrogens is 3. The van der Waals surface area contributed by atoms with E-state index in [4.69, 9.17) is 4.74 Å². The molecule has 0 spiro atoms. The lowest BCUT2D eigenvalue weighted by molar-refractivity contribution is 0.400. The van der Waals surface area contributed by atoms with Crippen LogP contribution in [0.2, 0.25) is 0 Å². The molecule has 2 aromatic heterocycles. The highest BCUT2D eigenvalue weighted by molar-refractivity contribution is 7.89. The third-order valence-electron chi connectivity index (χ3n) is 3.71. The molecule has 7 nitrogen and oxygen atoms in total. The fourth-order valence-electron chi connectivity index (χ4n) is 2.37. The van der Waals surface area contributed by atoms with Crippen molar-refractivity contribution >= 4 is 10.0 Å². The Kier molecular flexibility index (Phi) is 5.01. The summed E-state index contributed by atoms with van der Waals surface area (Å²) in [5, 5.41) is 4.08. The SMILES string of the molecule is COc1ccc(F)cc1S(=O)(=O)NCc1ccc(-c2cnn(C)c2)nc1. The molecule has 136 valence electrons. The van der Waals surface area contributed by atoms with Gasteiger partial charge in [-0.05, 0) is 29.8 Å². The molecule has 0 bridgehead atoms. The molecule has 0 aliphatic carbocycles. The van der Waals surface area contributed by atoms with Crippen molar-refractivity contribution in [3.63, 3.8) is 0 Å². The molecule has 0 aliphatic rings. The largest absolute Gasteiger partial charge is 0.495 e. The number of methoxy groups -OCH3 is 1. The van der Waals surface area contributed by atoms with Crippen LogP contribution in [0.25, 0.3) is 11.3 Å². The van der Waals surface area contributed by atoms with Gasteiger partial charge < -0.3 is 4.74 Å². The van der Waals surface area contributed by atoms with E-state index >= 15 is 0 Å². The van der Waals surface area contributed by atoms with Crippen LogP contribution in [0.5, 0.6) is 5.75 Å². The second kappa shape index (κ2) is 7.22. The minimum Gasteiger partial charge on any atom is -0.495 e. The van der Waals surface area contributed by atoms with Crippen LogP contribution in [0.4, 0.5) is 4.39 Å². The number of benzene rings is 1. The third kappa shape index (κ3) is 3.89. The van der Waals surface area contributed by atoms with Gasteiger partial charge in [-0.1, -0.05) is 6.07 Å². The van der Waals surface area contributed by atoms with Crippen molar-refractivity contribution in [1.29, 1.82) is 0 Å². The smallest absolute Gasteiger partial charge is 0.244 e. The summed E-state index contributed by atoms with van der Waals surface area (Å²) in [6, 6.07) is 6.88. The Balaban J connectivity index is 1.75. The summed E-state index contributed by atoms with van der Waals surface area (Å²) in [6.07, 6.45) is 5.11. The average Bonchev–Trinajstić information content (AvgIpc) is 3.07. The second-order valence-electron chi connectivity index (χ2n) is 5.57. The van der Waals surface area contributed by atoms with Crippen LogP contribution in [0.1, 0.15) is 5.56 Å². The number of nitrogens with one attached hydrogen (secondary N) is 1. The van der Waals surface area contributed by atoms with E-state index in [9.17, 15) is 12.8 Å². The molecule has 26 heavy (non-hydrogen) atoms. The first-order valence-corrected chi connectivity index (χ1v) is 9.14. The molecule has 0 atom stereocenters. The molecular weight excluding hydrogens is 359 g/mol. The monoisotopic (exact) mass is 376 g/mol. The van der Waals surface area contributed by atoms with Crippen molar-refractivity contribution in [1.82, 2.24) is 19.5 Å². The molecule has 0 radical (unpaired) electrons. The fraction of sp³-hybridized carbons (Fsp3) is 0.176. The van der Waals surface area contributed by atoms with E-state index in [0.717, 1.165) is 23.4 Å². The number of aryl methyl sites for hydroxylation is 1. The van der Waals surface area contributed by atoms with Crippen LogP contribution < -0.4 is 9.46 Å². The van der Waals surface area contributed by atoms with Crippen LogP contribution in [0.3, 0.4) is 0 Å². The number of sulfonamides is 1. The third-order valence-corrected chi connectivity index (χ3v) is 5.13. The van der Waals surface area contributed by atoms with E-state index in [0.29, 0.717) is 5.56 Å². The maximum atomic E-state index is 13.4. The molecule has 2 heterocycles. The Hall–Kier alpha value is -2.78. The van der Waals surface area contributed by atoms with Gasteiger partial charge in [0.1, 0.15) is 16.5 Å². The zero-order valence-corrected chi connectivity index (χ0v) is 15.0. The lowest BCUT2D eigenvalue weighted by Crippen LogP contribution is -2.24. The number of halogens is 1. The minimum atomic E-state index is -3.94. The minimum absolute atomic E-state index is 0.0162. The van der Waals surface area contributed by atoms with E-state index in [1.54, 1.807) is 29.2 Å². The number of hydrogen-bond donors (Lipinski definition) is 1. The van der Waals surface area contributed by atoms with E-state index in [1.165, 1.54) is 13.2 Å². The van der Waals surface area contributed by atoms with Crippen LogP contribution in [0.15, 0.2) is 53.8 Å². The highest BCUT2D eigenvalue weighted by atomic mass is 32.2. The average molecular weight is 376 g/mol. The summed E-state index contributed by atoms with van der Waals surface area (Å²) >= 11 is 0. The first kappa shape index (κ1) is 18.0. The highest BCUT2D eigenvalue weighted by Gasteiger charge is 2.20. The van der Waals surface area contributed by atoms with Gasteiger partial charge in [-0.2, -0.15) is 5.10 Å². The number of pyridine rings is 1. The normalized spacial score (nSPS) is 11.5. The zero-order chi connectivity index (χ0) is 18.7. The van der Waals surface area contributed by atoms with Gasteiger partial charge >= 0.3 is 0 Å². The summed E-state index contributed by atoms with van der Waals surface area (Å²) in [6.45, 7) is 0.0162. The van der Waals surface area contributed by atoms with Gasteiger partial charge in [-0.15, -0.1) is 0 Å². The van der Waals surface area contributed by atoms with Gasteiger partial charge in [0, 0.05) is 31.5 Å². The van der Waals surface area contributed by atoms with Crippen molar-refractivity contribution in [2.24, 2.45) is 7.05 Å². The van der Waals surface area contributed by atoms with Crippen molar-refractivity contribution in [3.05, 3.63) is 60.3 Å². The fourth-order valence-corrected chi connectivity index (χ4v) is 3.57. The van der Waals surface area contributed by atoms with E-state index < -0.39 is 15.8 Å². The molecule has 1 aromatic carbocycles. The number of rotatable bonds is 6. The lowest BCUT2D eigenvalue weighted by atomic mass is 10.2. The van der Waals surface area contributed by atoms with Crippen molar-refractivity contribution in [2.45, 2.75) is 11.4 Å². The molecule has 9 heteroatoms. The number of ether oxygens (including phenoxy) is 1. The molecular formula is C17H17FN4O3S. The summed E-state index contributed by atoms with van der Waals surface area (Å²) in [5.74, 6) is -0.586. The number of nitrogens with zero attached hydrogens (tertiary/aromatic N) is 3. The lowest BCUT2D eigenvalue weighted by Gasteiger charge is -2.11. The Bertz CT molecular complexity index is 1020. The second-order valence-corrected chi connectivity index (χ2v) is 7.31. The van der Waals surface area contributed by atoms with Crippen LogP contribution in [-0.4, -0.2) is 30.3 Å². The molecule has 0 saturated heterocycles. The first-order valence-electron chi connectivity index (χ1n) is 7.66. The molecule has 0 amide bonds. The predicted molar refractivity (Wildman–Crippen MR) is 93.4 cm³/mol. The first-order chi connectivity index (χ1) is 12.4. The van der Waals surface area contributed by atoms with Crippen molar-refractivity contribution < 1.29 is 17.5 Å². The maximum absolute atomic E-state index is 13.4. The maximum Gasteiger partial charge on any atom is 0.244 e. The molecule has 0 unspecified atom stereocenters. The standard InChI is InChI=1S/C17H17FN4O3S/c1-22-11-13(10-20-22)15-5-3-12(8-19-15)9-21-26(23,24)17-7-14(18)4-6-16(17)25-2/h3-8,10-11,21H,9H2,1-2H3. The summed E-state index contributed by atoms with van der Waals surface area (Å²) in [5.41, 5.74) is 2.26. The van der Waals surface area contributed by atoms with E-state index in [-0.39, 0.29) is 17.2 Å². The van der Waals surface area contributed by atoms with Gasteiger partial charge in [-0.25, -0.2) is 17.5 Å². The Labute approximate surface area is 150 Å². The predicted octanol–water partition coefficient (Wildman–Crippen LogP) is 2.11. The Morgan fingerprint density at radius 2 is 2.04 bits per heavy atom. The molecule has 0 fully saturated rings. The highest BCUT2D eigenvalue weighted by Crippen LogP contribution is 2.24. The molecule has 1 N–H and O–H groups in total. The van der Waals surface area contributed by atoms with Gasteiger partial charge in [-0.3, -0.25) is 9.67 Å². The van der Waals surface area contributed by atoms with Gasteiger partial charge in [0.25, 0.3) is 0 Å². The topological polar surface area (TPSA) is 86.1 Å². The van der Waals surface area contributed by atoms with Crippen molar-refractivity contribution in [3.8, 4) is 17.0 Å². The summed E-state index contributed by atoms with van der Waals surface area (Å²) in [4.78, 5) is 4.06. The van der Waals surface area contributed by atoms with Gasteiger partial charge in [0.15, 0.2) is 0 Å². The van der Waals surface area contributed by atoms with Crippen LogP contribution in [0, 0.1) is 5.82 Å². The van der Waals surface area contributed by atoms with Crippen LogP contribution in [-0.2, 0) is 23.6 Å². The zero-order valence-electron chi connectivity index (χ0n) is 14.2. The van der Waals surface area contributed by atoms with Crippen LogP contribution >= 0.6 is 0 Å². The molecule has 3 aromatic rings. The number of hydrogen-bond acceptors (Lipinski definition) is 5. The van der Waals surface area contributed by atoms with E-state index in [2.05, 4.69) is 14.8 Å².